The monoisotopic (exact) mass is 248 g/mol. The number of carbonyl (C=O) groups excluding carboxylic acids is 1. The lowest BCUT2D eigenvalue weighted by molar-refractivity contribution is -0.139. The summed E-state index contributed by atoms with van der Waals surface area (Å²) in [6, 6.07) is 0. The molecule has 0 atom stereocenters. The summed E-state index contributed by atoms with van der Waals surface area (Å²) in [5.74, 6) is 0.820. The Morgan fingerprint density at radius 2 is 2.00 bits per heavy atom. The van der Waals surface area contributed by atoms with Crippen LogP contribution in [0.2, 0.25) is 0 Å². The van der Waals surface area contributed by atoms with Crippen molar-refractivity contribution < 1.29 is 9.53 Å². The highest BCUT2D eigenvalue weighted by atomic mass is 35.5. The van der Waals surface area contributed by atoms with E-state index in [1.165, 1.54) is 12.8 Å². The summed E-state index contributed by atoms with van der Waals surface area (Å²) in [5, 5.41) is 0. The molecular formula is C11H21ClN2O2. The number of hydrogen-bond acceptors (Lipinski definition) is 3. The number of nitrogens with zero attached hydrogens (tertiary/aromatic N) is 1. The molecule has 1 amide bonds. The zero-order valence-electron chi connectivity index (χ0n) is 9.78. The normalized spacial score (nSPS) is 23.4. The van der Waals surface area contributed by atoms with Gasteiger partial charge in [0.2, 0.25) is 5.91 Å². The minimum absolute atomic E-state index is 0. The maximum absolute atomic E-state index is 12.1. The van der Waals surface area contributed by atoms with Crippen molar-refractivity contribution in [1.82, 2.24) is 4.90 Å². The molecule has 4 nitrogen and oxygen atoms in total. The van der Waals surface area contributed by atoms with E-state index in [0.29, 0.717) is 26.1 Å². The quantitative estimate of drug-likeness (QED) is 0.803. The van der Waals surface area contributed by atoms with Crippen LogP contribution in [-0.4, -0.2) is 43.2 Å². The van der Waals surface area contributed by atoms with Crippen molar-refractivity contribution in [1.29, 1.82) is 0 Å². The van der Waals surface area contributed by atoms with Crippen molar-refractivity contribution in [2.45, 2.75) is 31.2 Å². The average molecular weight is 249 g/mol. The number of hydrogen-bond donors (Lipinski definition) is 1. The molecule has 2 rings (SSSR count). The van der Waals surface area contributed by atoms with Gasteiger partial charge in [-0.2, -0.15) is 0 Å². The van der Waals surface area contributed by atoms with Gasteiger partial charge in [-0.3, -0.25) is 4.79 Å². The largest absolute Gasteiger partial charge is 0.381 e. The van der Waals surface area contributed by atoms with E-state index in [9.17, 15) is 4.79 Å². The van der Waals surface area contributed by atoms with Crippen molar-refractivity contribution in [3.63, 3.8) is 0 Å². The van der Waals surface area contributed by atoms with Crippen molar-refractivity contribution in [3.05, 3.63) is 0 Å². The van der Waals surface area contributed by atoms with Gasteiger partial charge in [0, 0.05) is 26.8 Å². The summed E-state index contributed by atoms with van der Waals surface area (Å²) >= 11 is 0. The highest BCUT2D eigenvalue weighted by Gasteiger charge is 2.39. The second kappa shape index (κ2) is 5.34. The fourth-order valence-electron chi connectivity index (χ4n) is 2.10. The molecule has 0 aromatic heterocycles. The molecule has 1 heterocycles. The van der Waals surface area contributed by atoms with Crippen LogP contribution in [0.5, 0.6) is 0 Å². The molecule has 0 bridgehead atoms. The maximum Gasteiger partial charge on any atom is 0.242 e. The number of likely N-dealkylation sites (N-methyl/N-ethyl adjacent to an activating group) is 1. The molecule has 2 fully saturated rings. The molecule has 0 spiro atoms. The molecule has 2 aliphatic rings. The van der Waals surface area contributed by atoms with Gasteiger partial charge in [-0.25, -0.2) is 0 Å². The van der Waals surface area contributed by atoms with Gasteiger partial charge >= 0.3 is 0 Å². The van der Waals surface area contributed by atoms with Crippen LogP contribution in [0.15, 0.2) is 0 Å². The first kappa shape index (κ1) is 13.7. The lowest BCUT2D eigenvalue weighted by Crippen LogP contribution is -2.57. The molecule has 0 unspecified atom stereocenters. The number of nitrogens with two attached hydrogens (primary N) is 1. The Morgan fingerprint density at radius 3 is 2.50 bits per heavy atom. The van der Waals surface area contributed by atoms with Crippen molar-refractivity contribution in [3.8, 4) is 0 Å². The first-order valence-electron chi connectivity index (χ1n) is 5.74. The summed E-state index contributed by atoms with van der Waals surface area (Å²) in [6.07, 6.45) is 3.83. The van der Waals surface area contributed by atoms with Crippen LogP contribution >= 0.6 is 12.4 Å². The van der Waals surface area contributed by atoms with Crippen molar-refractivity contribution in [2.24, 2.45) is 11.7 Å². The predicted octanol–water partition coefficient (Wildman–Crippen LogP) is 0.784. The molecule has 2 N–H and O–H groups in total. The topological polar surface area (TPSA) is 55.6 Å². The Hall–Kier alpha value is -0.320. The minimum Gasteiger partial charge on any atom is -0.381 e. The highest BCUT2D eigenvalue weighted by Crippen LogP contribution is 2.30. The molecule has 5 heteroatoms. The lowest BCUT2D eigenvalue weighted by Gasteiger charge is -2.35. The standard InChI is InChI=1S/C11H20N2O2.ClH/c1-13(8-9-2-3-9)10(14)11(12)4-6-15-7-5-11;/h9H,2-8,12H2,1H3;1H. The van der Waals surface area contributed by atoms with Gasteiger partial charge in [0.25, 0.3) is 0 Å². The van der Waals surface area contributed by atoms with Gasteiger partial charge in [0.1, 0.15) is 0 Å². The minimum atomic E-state index is -0.665. The molecule has 0 radical (unpaired) electrons. The third kappa shape index (κ3) is 3.09. The third-order valence-corrected chi connectivity index (χ3v) is 3.39. The van der Waals surface area contributed by atoms with Crippen molar-refractivity contribution in [2.75, 3.05) is 26.8 Å². The summed E-state index contributed by atoms with van der Waals surface area (Å²) in [6.45, 7) is 2.09. The molecule has 0 aromatic carbocycles. The van der Waals surface area contributed by atoms with Gasteiger partial charge in [0.05, 0.1) is 5.54 Å². The highest BCUT2D eigenvalue weighted by molar-refractivity contribution is 5.86. The van der Waals surface area contributed by atoms with E-state index in [1.807, 2.05) is 11.9 Å². The summed E-state index contributed by atoms with van der Waals surface area (Å²) in [4.78, 5) is 13.9. The molecule has 94 valence electrons. The fraction of sp³-hybridized carbons (Fsp3) is 0.909. The molecule has 1 saturated heterocycles. The van der Waals surface area contributed by atoms with Gasteiger partial charge in [0.15, 0.2) is 0 Å². The zero-order valence-corrected chi connectivity index (χ0v) is 10.6. The van der Waals surface area contributed by atoms with E-state index in [-0.39, 0.29) is 18.3 Å². The van der Waals surface area contributed by atoms with Gasteiger partial charge in [-0.15, -0.1) is 12.4 Å². The molecule has 0 aromatic rings. The van der Waals surface area contributed by atoms with Crippen LogP contribution in [0.1, 0.15) is 25.7 Å². The van der Waals surface area contributed by atoms with E-state index in [2.05, 4.69) is 0 Å². The molecule has 16 heavy (non-hydrogen) atoms. The van der Waals surface area contributed by atoms with E-state index in [0.717, 1.165) is 12.5 Å². The Morgan fingerprint density at radius 1 is 1.44 bits per heavy atom. The van der Waals surface area contributed by atoms with Crippen LogP contribution in [-0.2, 0) is 9.53 Å². The Kier molecular flexibility index (Phi) is 4.59. The predicted molar refractivity (Wildman–Crippen MR) is 64.6 cm³/mol. The first-order valence-corrected chi connectivity index (χ1v) is 5.74. The van der Waals surface area contributed by atoms with E-state index in [4.69, 9.17) is 10.5 Å². The Balaban J connectivity index is 0.00000128. The SMILES string of the molecule is CN(CC1CC1)C(=O)C1(N)CCOCC1.Cl. The Bertz CT molecular complexity index is 250. The van der Waals surface area contributed by atoms with Gasteiger partial charge in [-0.05, 0) is 31.6 Å². The number of ether oxygens (including phenoxy) is 1. The van der Waals surface area contributed by atoms with Gasteiger partial charge in [-0.1, -0.05) is 0 Å². The van der Waals surface area contributed by atoms with Crippen LogP contribution in [0.3, 0.4) is 0 Å². The molecule has 1 saturated carbocycles. The first-order chi connectivity index (χ1) is 7.12. The molecule has 1 aliphatic carbocycles. The van der Waals surface area contributed by atoms with E-state index < -0.39 is 5.54 Å². The molecule has 1 aliphatic heterocycles. The van der Waals surface area contributed by atoms with Crippen molar-refractivity contribution >= 4 is 18.3 Å². The lowest BCUT2D eigenvalue weighted by atomic mass is 9.90. The number of rotatable bonds is 3. The van der Waals surface area contributed by atoms with Crippen LogP contribution in [0.4, 0.5) is 0 Å². The van der Waals surface area contributed by atoms with Crippen LogP contribution in [0, 0.1) is 5.92 Å². The smallest absolute Gasteiger partial charge is 0.242 e. The van der Waals surface area contributed by atoms with E-state index in [1.54, 1.807) is 0 Å². The number of halogens is 1. The Labute approximate surface area is 103 Å². The second-order valence-corrected chi connectivity index (χ2v) is 4.90. The summed E-state index contributed by atoms with van der Waals surface area (Å²) in [7, 11) is 1.87. The maximum atomic E-state index is 12.1. The second-order valence-electron chi connectivity index (χ2n) is 4.90. The average Bonchev–Trinajstić information content (AvgIpc) is 3.01. The number of carbonyl (C=O) groups is 1. The molecular weight excluding hydrogens is 228 g/mol. The third-order valence-electron chi connectivity index (χ3n) is 3.39. The zero-order chi connectivity index (χ0) is 10.9. The van der Waals surface area contributed by atoms with Crippen LogP contribution < -0.4 is 5.73 Å². The summed E-state index contributed by atoms with van der Waals surface area (Å²) < 4.78 is 5.24. The van der Waals surface area contributed by atoms with Gasteiger partial charge < -0.3 is 15.4 Å². The van der Waals surface area contributed by atoms with Crippen LogP contribution in [0.25, 0.3) is 0 Å². The fourth-order valence-corrected chi connectivity index (χ4v) is 2.10. The van der Waals surface area contributed by atoms with E-state index >= 15 is 0 Å². The summed E-state index contributed by atoms with van der Waals surface area (Å²) in [5.41, 5.74) is 5.46. The number of amides is 1.